The molecule has 0 saturated heterocycles. The summed E-state index contributed by atoms with van der Waals surface area (Å²) < 4.78 is 12.3. The molecule has 0 aliphatic carbocycles. The molecule has 0 bridgehead atoms. The number of hydrogen-bond donors (Lipinski definition) is 0. The van der Waals surface area contributed by atoms with Gasteiger partial charge in [0.15, 0.2) is 11.6 Å². The second kappa shape index (κ2) is 8.12. The van der Waals surface area contributed by atoms with Gasteiger partial charge in [0, 0.05) is 24.8 Å². The first kappa shape index (κ1) is 18.1. The zero-order chi connectivity index (χ0) is 18.5. The Morgan fingerprint density at radius 3 is 2.42 bits per heavy atom. The van der Waals surface area contributed by atoms with E-state index in [4.69, 9.17) is 14.5 Å². The van der Waals surface area contributed by atoms with Gasteiger partial charge in [-0.05, 0) is 50.0 Å². The van der Waals surface area contributed by atoms with Crippen molar-refractivity contribution in [3.05, 3.63) is 54.1 Å². The molecule has 1 heterocycles. The van der Waals surface area contributed by atoms with Crippen LogP contribution in [0.1, 0.15) is 5.56 Å². The summed E-state index contributed by atoms with van der Waals surface area (Å²) >= 11 is 0. The van der Waals surface area contributed by atoms with E-state index in [1.165, 1.54) is 5.56 Å². The Morgan fingerprint density at radius 2 is 1.77 bits per heavy atom. The highest BCUT2D eigenvalue weighted by Gasteiger charge is 2.14. The summed E-state index contributed by atoms with van der Waals surface area (Å²) in [6.45, 7) is 1.22. The molecule has 6 heteroatoms. The summed E-state index contributed by atoms with van der Waals surface area (Å²) in [6.07, 6.45) is 0. The second-order valence-electron chi connectivity index (χ2n) is 6.34. The monoisotopic (exact) mass is 352 g/mol. The van der Waals surface area contributed by atoms with E-state index < -0.39 is 0 Å². The first-order valence-electron chi connectivity index (χ1n) is 8.43. The van der Waals surface area contributed by atoms with Crippen LogP contribution in [0.4, 0.5) is 0 Å². The summed E-state index contributed by atoms with van der Waals surface area (Å²) in [6, 6.07) is 16.1. The fraction of sp³-hybridized carbons (Fsp3) is 0.300. The van der Waals surface area contributed by atoms with E-state index in [9.17, 15) is 0 Å². The number of methoxy groups -OCH3 is 2. The van der Waals surface area contributed by atoms with Crippen molar-refractivity contribution in [1.82, 2.24) is 19.7 Å². The number of aromatic nitrogens is 3. The lowest BCUT2D eigenvalue weighted by Gasteiger charge is -2.11. The number of rotatable bonds is 7. The Balaban J connectivity index is 1.99. The molecule has 0 fully saturated rings. The van der Waals surface area contributed by atoms with Crippen molar-refractivity contribution in [2.45, 2.75) is 13.3 Å². The Labute approximate surface area is 154 Å². The van der Waals surface area contributed by atoms with Crippen LogP contribution in [0.3, 0.4) is 0 Å². The molecular weight excluding hydrogens is 328 g/mol. The topological polar surface area (TPSA) is 52.4 Å². The molecule has 0 atom stereocenters. The van der Waals surface area contributed by atoms with Crippen LogP contribution >= 0.6 is 0 Å². The smallest absolute Gasteiger partial charge is 0.181 e. The van der Waals surface area contributed by atoms with E-state index in [2.05, 4.69) is 36.2 Å². The van der Waals surface area contributed by atoms with E-state index in [-0.39, 0.29) is 0 Å². The van der Waals surface area contributed by atoms with Crippen LogP contribution in [-0.4, -0.2) is 48.0 Å². The average Bonchev–Trinajstić information content (AvgIpc) is 3.06. The quantitative estimate of drug-likeness (QED) is 0.653. The molecule has 0 spiro atoms. The Morgan fingerprint density at radius 1 is 1.00 bits per heavy atom. The molecule has 2 aromatic carbocycles. The molecule has 0 unspecified atom stereocenters. The third kappa shape index (κ3) is 4.09. The maximum atomic E-state index is 5.30. The third-order valence-electron chi connectivity index (χ3n) is 3.96. The summed E-state index contributed by atoms with van der Waals surface area (Å²) in [7, 11) is 7.42. The van der Waals surface area contributed by atoms with Crippen molar-refractivity contribution in [3.63, 3.8) is 0 Å². The van der Waals surface area contributed by atoms with E-state index in [1.54, 1.807) is 18.9 Å². The van der Waals surface area contributed by atoms with Crippen molar-refractivity contribution in [2.24, 2.45) is 0 Å². The standard InChI is InChI=1S/C20H24N4O2/c1-23(2)13-15-6-5-7-17(12-15)20-21-19(22-24(20)14-25-3)16-8-10-18(26-4)11-9-16/h5-12H,13-14H2,1-4H3. The molecule has 0 aliphatic heterocycles. The molecule has 3 rings (SSSR count). The van der Waals surface area contributed by atoms with Gasteiger partial charge in [0.1, 0.15) is 12.5 Å². The van der Waals surface area contributed by atoms with E-state index >= 15 is 0 Å². The largest absolute Gasteiger partial charge is 0.497 e. The maximum Gasteiger partial charge on any atom is 0.181 e. The van der Waals surface area contributed by atoms with Crippen molar-refractivity contribution in [2.75, 3.05) is 28.3 Å². The van der Waals surface area contributed by atoms with Gasteiger partial charge in [0.2, 0.25) is 0 Å². The number of hydrogen-bond acceptors (Lipinski definition) is 5. The number of nitrogens with zero attached hydrogens (tertiary/aromatic N) is 4. The molecule has 0 aliphatic rings. The van der Waals surface area contributed by atoms with Crippen molar-refractivity contribution in [1.29, 1.82) is 0 Å². The Hall–Kier alpha value is -2.70. The highest BCUT2D eigenvalue weighted by atomic mass is 16.5. The lowest BCUT2D eigenvalue weighted by atomic mass is 10.1. The molecule has 0 radical (unpaired) electrons. The van der Waals surface area contributed by atoms with Gasteiger partial charge in [-0.3, -0.25) is 0 Å². The Bertz CT molecular complexity index is 857. The molecule has 0 saturated carbocycles. The van der Waals surface area contributed by atoms with Crippen molar-refractivity contribution in [3.8, 4) is 28.5 Å². The van der Waals surface area contributed by atoms with E-state index in [1.807, 2.05) is 36.4 Å². The zero-order valence-corrected chi connectivity index (χ0v) is 15.6. The van der Waals surface area contributed by atoms with Crippen LogP contribution in [0, 0.1) is 0 Å². The zero-order valence-electron chi connectivity index (χ0n) is 15.6. The normalized spacial score (nSPS) is 11.1. The summed E-state index contributed by atoms with van der Waals surface area (Å²) in [4.78, 5) is 6.90. The number of ether oxygens (including phenoxy) is 2. The minimum Gasteiger partial charge on any atom is -0.497 e. The maximum absolute atomic E-state index is 5.30. The summed E-state index contributed by atoms with van der Waals surface area (Å²) in [5, 5.41) is 4.62. The van der Waals surface area contributed by atoms with Gasteiger partial charge in [0.05, 0.1) is 7.11 Å². The van der Waals surface area contributed by atoms with E-state index in [0.29, 0.717) is 12.6 Å². The minimum absolute atomic E-state index is 0.344. The molecule has 136 valence electrons. The first-order valence-corrected chi connectivity index (χ1v) is 8.43. The predicted molar refractivity (Wildman–Crippen MR) is 102 cm³/mol. The molecule has 0 N–H and O–H groups in total. The highest BCUT2D eigenvalue weighted by molar-refractivity contribution is 5.62. The molecule has 1 aromatic heterocycles. The van der Waals surface area contributed by atoms with Gasteiger partial charge in [-0.15, -0.1) is 5.10 Å². The molecule has 26 heavy (non-hydrogen) atoms. The van der Waals surface area contributed by atoms with Crippen molar-refractivity contribution >= 4 is 0 Å². The Kier molecular flexibility index (Phi) is 5.65. The third-order valence-corrected chi connectivity index (χ3v) is 3.96. The van der Waals surface area contributed by atoms with Gasteiger partial charge in [-0.2, -0.15) is 0 Å². The minimum atomic E-state index is 0.344. The van der Waals surface area contributed by atoms with Gasteiger partial charge < -0.3 is 14.4 Å². The van der Waals surface area contributed by atoms with Crippen LogP contribution in [0.15, 0.2) is 48.5 Å². The van der Waals surface area contributed by atoms with Crippen LogP contribution in [-0.2, 0) is 18.0 Å². The predicted octanol–water partition coefficient (Wildman–Crippen LogP) is 3.29. The van der Waals surface area contributed by atoms with Crippen molar-refractivity contribution < 1.29 is 9.47 Å². The fourth-order valence-electron chi connectivity index (χ4n) is 2.80. The van der Waals surface area contributed by atoms with Crippen LogP contribution in [0.25, 0.3) is 22.8 Å². The molecule has 6 nitrogen and oxygen atoms in total. The first-order chi connectivity index (χ1) is 12.6. The van der Waals surface area contributed by atoms with Crippen LogP contribution in [0.5, 0.6) is 5.75 Å². The van der Waals surface area contributed by atoms with Crippen LogP contribution < -0.4 is 4.74 Å². The second-order valence-corrected chi connectivity index (χ2v) is 6.34. The molecule has 0 amide bonds. The summed E-state index contributed by atoms with van der Waals surface area (Å²) in [5.41, 5.74) is 3.19. The molecule has 3 aromatic rings. The van der Waals surface area contributed by atoms with Gasteiger partial charge >= 0.3 is 0 Å². The average molecular weight is 352 g/mol. The van der Waals surface area contributed by atoms with Gasteiger partial charge in [0.25, 0.3) is 0 Å². The number of benzene rings is 2. The van der Waals surface area contributed by atoms with Gasteiger partial charge in [-0.1, -0.05) is 18.2 Å². The van der Waals surface area contributed by atoms with Gasteiger partial charge in [-0.25, -0.2) is 9.67 Å². The highest BCUT2D eigenvalue weighted by Crippen LogP contribution is 2.25. The summed E-state index contributed by atoms with van der Waals surface area (Å²) in [5.74, 6) is 2.26. The van der Waals surface area contributed by atoms with Crippen LogP contribution in [0.2, 0.25) is 0 Å². The lowest BCUT2D eigenvalue weighted by molar-refractivity contribution is 0.122. The lowest BCUT2D eigenvalue weighted by Crippen LogP contribution is -2.10. The SMILES string of the molecule is COCn1nc(-c2ccc(OC)cc2)nc1-c1cccc(CN(C)C)c1. The molecular formula is C20H24N4O2. The van der Waals surface area contributed by atoms with E-state index in [0.717, 1.165) is 29.2 Å². The fourth-order valence-corrected chi connectivity index (χ4v) is 2.80.